The molecule has 30 heavy (non-hydrogen) atoms. The number of rotatable bonds is 5. The molecule has 9 nitrogen and oxygen atoms in total. The first kappa shape index (κ1) is 19.7. The van der Waals surface area contributed by atoms with E-state index in [4.69, 9.17) is 5.73 Å². The molecule has 0 spiro atoms. The molecule has 0 bridgehead atoms. The minimum Gasteiger partial charge on any atom is -0.326 e. The number of non-ortho nitro benzene ring substituents is 1. The molecule has 2 aromatic carbocycles. The van der Waals surface area contributed by atoms with E-state index < -0.39 is 16.9 Å². The maximum atomic E-state index is 13.3. The molecule has 0 radical (unpaired) electrons. The normalized spacial score (nSPS) is 23.5. The van der Waals surface area contributed by atoms with E-state index in [1.807, 2.05) is 13.0 Å². The molecule has 154 valence electrons. The van der Waals surface area contributed by atoms with Gasteiger partial charge in [-0.2, -0.15) is 0 Å². The van der Waals surface area contributed by atoms with Crippen molar-refractivity contribution >= 4 is 28.9 Å². The van der Waals surface area contributed by atoms with Crippen LogP contribution in [0.2, 0.25) is 0 Å². The van der Waals surface area contributed by atoms with Gasteiger partial charge in [0, 0.05) is 30.4 Å². The zero-order valence-electron chi connectivity index (χ0n) is 16.3. The van der Waals surface area contributed by atoms with Gasteiger partial charge in [-0.1, -0.05) is 24.3 Å². The van der Waals surface area contributed by atoms with Crippen molar-refractivity contribution in [2.45, 2.75) is 25.6 Å². The first-order valence-electron chi connectivity index (χ1n) is 9.55. The van der Waals surface area contributed by atoms with Crippen LogP contribution in [0.3, 0.4) is 0 Å². The number of carbonyl (C=O) groups excluding carboxylic acids is 2. The maximum absolute atomic E-state index is 13.3. The van der Waals surface area contributed by atoms with Crippen molar-refractivity contribution in [3.63, 3.8) is 0 Å². The Morgan fingerprint density at radius 2 is 1.70 bits per heavy atom. The predicted octanol–water partition coefficient (Wildman–Crippen LogP) is 2.20. The molecule has 0 aromatic heterocycles. The molecular formula is C21H21N5O4. The van der Waals surface area contributed by atoms with E-state index in [0.29, 0.717) is 17.9 Å². The summed E-state index contributed by atoms with van der Waals surface area (Å²) < 4.78 is 0. The fourth-order valence-electron chi connectivity index (χ4n) is 3.80. The van der Waals surface area contributed by atoms with Crippen LogP contribution in [0.25, 0.3) is 0 Å². The first-order chi connectivity index (χ1) is 14.4. The fraction of sp³-hybridized carbons (Fsp3) is 0.238. The van der Waals surface area contributed by atoms with Crippen LogP contribution < -0.4 is 16.1 Å². The zero-order chi connectivity index (χ0) is 21.4. The zero-order valence-corrected chi connectivity index (χ0v) is 16.3. The van der Waals surface area contributed by atoms with Gasteiger partial charge in [-0.15, -0.1) is 0 Å². The highest BCUT2D eigenvalue weighted by molar-refractivity contribution is 6.24. The lowest BCUT2D eigenvalue weighted by atomic mass is 9.95. The van der Waals surface area contributed by atoms with E-state index in [1.165, 1.54) is 17.0 Å². The Bertz CT molecular complexity index is 1020. The van der Waals surface area contributed by atoms with Crippen LogP contribution in [0.4, 0.5) is 17.1 Å². The highest BCUT2D eigenvalue weighted by Crippen LogP contribution is 2.35. The van der Waals surface area contributed by atoms with Crippen LogP contribution >= 0.6 is 0 Å². The first-order valence-corrected chi connectivity index (χ1v) is 9.55. The molecule has 3 N–H and O–H groups in total. The van der Waals surface area contributed by atoms with Gasteiger partial charge in [-0.05, 0) is 36.8 Å². The number of fused-ring (bicyclic) bond motifs is 1. The summed E-state index contributed by atoms with van der Waals surface area (Å²) in [6, 6.07) is 12.1. The molecule has 0 unspecified atom stereocenters. The summed E-state index contributed by atoms with van der Waals surface area (Å²) in [6.07, 6.45) is 3.64. The van der Waals surface area contributed by atoms with E-state index in [2.05, 4.69) is 5.43 Å². The fourth-order valence-corrected chi connectivity index (χ4v) is 3.80. The summed E-state index contributed by atoms with van der Waals surface area (Å²) in [6.45, 7) is 2.28. The highest BCUT2D eigenvalue weighted by Gasteiger charge is 2.52. The van der Waals surface area contributed by atoms with E-state index in [0.717, 1.165) is 5.56 Å². The van der Waals surface area contributed by atoms with Gasteiger partial charge in [0.15, 0.2) is 0 Å². The summed E-state index contributed by atoms with van der Waals surface area (Å²) >= 11 is 0. The number of carbonyl (C=O) groups is 2. The number of anilines is 2. The van der Waals surface area contributed by atoms with Crippen LogP contribution in [0.1, 0.15) is 12.5 Å². The van der Waals surface area contributed by atoms with Gasteiger partial charge in [0.2, 0.25) is 5.91 Å². The van der Waals surface area contributed by atoms with Crippen LogP contribution in [0.5, 0.6) is 0 Å². The molecule has 3 atom stereocenters. The SMILES string of the molecule is C[C@H]1C=C[C@H]2C(=O)N(c3ccc(CN)cc3)C(=O)[C@H]2N1Nc1ccc([N+](=O)[O-])cc1. The Balaban J connectivity index is 1.62. The Labute approximate surface area is 172 Å². The summed E-state index contributed by atoms with van der Waals surface area (Å²) in [5.74, 6) is -1.23. The summed E-state index contributed by atoms with van der Waals surface area (Å²) in [4.78, 5) is 37.9. The van der Waals surface area contributed by atoms with E-state index in [-0.39, 0.29) is 23.5 Å². The smallest absolute Gasteiger partial charge is 0.269 e. The largest absolute Gasteiger partial charge is 0.326 e. The topological polar surface area (TPSA) is 122 Å². The summed E-state index contributed by atoms with van der Waals surface area (Å²) in [5, 5.41) is 12.6. The van der Waals surface area contributed by atoms with Crippen molar-refractivity contribution in [1.82, 2.24) is 5.01 Å². The molecule has 9 heteroatoms. The number of amides is 2. The number of nitrogens with two attached hydrogens (primary N) is 1. The van der Waals surface area contributed by atoms with Crippen molar-refractivity contribution in [3.8, 4) is 0 Å². The monoisotopic (exact) mass is 407 g/mol. The van der Waals surface area contributed by atoms with Crippen LogP contribution in [0.15, 0.2) is 60.7 Å². The van der Waals surface area contributed by atoms with Crippen molar-refractivity contribution in [2.75, 3.05) is 10.3 Å². The Kier molecular flexibility index (Phi) is 5.06. The molecule has 2 heterocycles. The van der Waals surface area contributed by atoms with Gasteiger partial charge in [0.05, 0.1) is 16.5 Å². The van der Waals surface area contributed by atoms with Crippen LogP contribution in [-0.4, -0.2) is 33.8 Å². The number of benzene rings is 2. The number of nitrogens with one attached hydrogen (secondary N) is 1. The molecule has 0 saturated carbocycles. The van der Waals surface area contributed by atoms with Crippen molar-refractivity contribution in [3.05, 3.63) is 76.4 Å². The third kappa shape index (κ3) is 3.34. The lowest BCUT2D eigenvalue weighted by molar-refractivity contribution is -0.384. The second-order valence-corrected chi connectivity index (χ2v) is 7.30. The third-order valence-corrected chi connectivity index (χ3v) is 5.42. The standard InChI is InChI=1S/C21H21N5O4/c1-13-2-11-18-19(25(13)23-15-5-9-17(10-6-15)26(29)30)21(28)24(20(18)27)16-7-3-14(12-22)4-8-16/h2-11,13,18-19,23H,12,22H2,1H3/t13-,18+,19-/m0/s1. The maximum Gasteiger partial charge on any atom is 0.269 e. The van der Waals surface area contributed by atoms with Gasteiger partial charge in [-0.25, -0.2) is 9.91 Å². The van der Waals surface area contributed by atoms with Crippen LogP contribution in [0, 0.1) is 16.0 Å². The number of hydrogen-bond donors (Lipinski definition) is 2. The molecule has 0 aliphatic carbocycles. The van der Waals surface area contributed by atoms with E-state index >= 15 is 0 Å². The Morgan fingerprint density at radius 3 is 2.30 bits per heavy atom. The predicted molar refractivity (Wildman–Crippen MR) is 111 cm³/mol. The van der Waals surface area contributed by atoms with E-state index in [9.17, 15) is 19.7 Å². The van der Waals surface area contributed by atoms with Gasteiger partial charge in [-0.3, -0.25) is 19.7 Å². The van der Waals surface area contributed by atoms with Gasteiger partial charge < -0.3 is 11.2 Å². The minimum absolute atomic E-state index is 0.0239. The highest BCUT2D eigenvalue weighted by atomic mass is 16.6. The van der Waals surface area contributed by atoms with Crippen molar-refractivity contribution in [1.29, 1.82) is 0 Å². The quantitative estimate of drug-likeness (QED) is 0.337. The number of nitrogens with zero attached hydrogens (tertiary/aromatic N) is 3. The van der Waals surface area contributed by atoms with Gasteiger partial charge >= 0.3 is 0 Å². The summed E-state index contributed by atoms with van der Waals surface area (Å²) in [7, 11) is 0. The van der Waals surface area contributed by atoms with Gasteiger partial charge in [0.25, 0.3) is 11.6 Å². The third-order valence-electron chi connectivity index (χ3n) is 5.42. The van der Waals surface area contributed by atoms with Gasteiger partial charge in [0.1, 0.15) is 6.04 Å². The molecule has 2 aromatic rings. The second-order valence-electron chi connectivity index (χ2n) is 7.30. The van der Waals surface area contributed by atoms with E-state index in [1.54, 1.807) is 47.5 Å². The number of nitro groups is 1. The molecule has 4 rings (SSSR count). The number of nitro benzene ring substituents is 1. The Hall–Kier alpha value is -3.56. The molecular weight excluding hydrogens is 386 g/mol. The molecule has 2 amide bonds. The number of hydrogen-bond acceptors (Lipinski definition) is 7. The number of imide groups is 1. The lowest BCUT2D eigenvalue weighted by Crippen LogP contribution is -2.53. The summed E-state index contributed by atoms with van der Waals surface area (Å²) in [5.41, 5.74) is 10.8. The van der Waals surface area contributed by atoms with Crippen molar-refractivity contribution < 1.29 is 14.5 Å². The molecule has 2 aliphatic heterocycles. The van der Waals surface area contributed by atoms with Crippen molar-refractivity contribution in [2.24, 2.45) is 11.7 Å². The second kappa shape index (κ2) is 7.69. The lowest BCUT2D eigenvalue weighted by Gasteiger charge is -2.37. The van der Waals surface area contributed by atoms with Crippen LogP contribution in [-0.2, 0) is 16.1 Å². The average Bonchev–Trinajstić information content (AvgIpc) is 3.00. The number of hydrazine groups is 1. The average molecular weight is 407 g/mol. The Morgan fingerprint density at radius 1 is 1.03 bits per heavy atom. The molecule has 1 fully saturated rings. The molecule has 1 saturated heterocycles. The molecule has 2 aliphatic rings. The minimum atomic E-state index is -0.720.